The van der Waals surface area contributed by atoms with Gasteiger partial charge in [0.25, 0.3) is 0 Å². The summed E-state index contributed by atoms with van der Waals surface area (Å²) in [5.74, 6) is 0.262. The number of phenolic OH excluding ortho intramolecular Hbond substituents is 1. The lowest BCUT2D eigenvalue weighted by Crippen LogP contribution is -2.00. The Hall–Kier alpha value is -1.93. The van der Waals surface area contributed by atoms with Gasteiger partial charge in [-0.05, 0) is 79.9 Å². The van der Waals surface area contributed by atoms with Gasteiger partial charge in [-0.25, -0.2) is 0 Å². The average Bonchev–Trinajstić information content (AvgIpc) is 2.62. The highest BCUT2D eigenvalue weighted by atomic mass is 79.9. The largest absolute Gasteiger partial charge is 0.504 e. The number of aromatic hydroxyl groups is 1. The van der Waals surface area contributed by atoms with Crippen LogP contribution in [0.15, 0.2) is 57.5 Å². The van der Waals surface area contributed by atoms with Crippen molar-refractivity contribution < 1.29 is 24.5 Å². The molecule has 150 valence electrons. The number of hydrogen-bond donors (Lipinski definition) is 2. The van der Waals surface area contributed by atoms with Crippen LogP contribution >= 0.6 is 55.1 Å². The summed E-state index contributed by atoms with van der Waals surface area (Å²) in [6.45, 7) is 0. The second-order valence-corrected chi connectivity index (χ2v) is 8.42. The summed E-state index contributed by atoms with van der Waals surface area (Å²) in [5.41, 5.74) is 0.607. The first-order valence-electron chi connectivity index (χ1n) is 8.06. The van der Waals surface area contributed by atoms with E-state index in [0.29, 0.717) is 41.8 Å². The number of benzene rings is 3. The van der Waals surface area contributed by atoms with Crippen molar-refractivity contribution in [3.63, 3.8) is 0 Å². The molecule has 0 radical (unpaired) electrons. The van der Waals surface area contributed by atoms with Crippen molar-refractivity contribution in [1.82, 2.24) is 0 Å². The van der Waals surface area contributed by atoms with Gasteiger partial charge in [0.2, 0.25) is 0 Å². The standard InChI is InChI=1S/C20H12Br2Cl2O5/c21-13-5-10(7-19(26)27)6-14(22)20(13)28-12-2-3-16(25)18(9-12)29-17-4-1-11(23)8-15(17)24/h1-6,8-9,25H,7H2,(H,26,27). The molecule has 3 aromatic carbocycles. The van der Waals surface area contributed by atoms with Crippen LogP contribution in [0.25, 0.3) is 0 Å². The summed E-state index contributed by atoms with van der Waals surface area (Å²) in [6.07, 6.45) is -0.115. The Balaban J connectivity index is 1.87. The molecule has 0 atom stereocenters. The molecule has 0 amide bonds. The Bertz CT molecular complexity index is 1070. The van der Waals surface area contributed by atoms with Crippen LogP contribution < -0.4 is 9.47 Å². The third-order valence-corrected chi connectivity index (χ3v) is 5.39. The van der Waals surface area contributed by atoms with Crippen LogP contribution in [0.4, 0.5) is 0 Å². The Morgan fingerprint density at radius 3 is 2.24 bits per heavy atom. The molecule has 0 aromatic heterocycles. The number of carboxylic acid groups (broad SMARTS) is 1. The first kappa shape index (κ1) is 21.8. The number of rotatable bonds is 6. The maximum atomic E-state index is 10.9. The van der Waals surface area contributed by atoms with Gasteiger partial charge in [0.05, 0.1) is 20.4 Å². The molecule has 9 heteroatoms. The van der Waals surface area contributed by atoms with Crippen molar-refractivity contribution in [2.75, 3.05) is 0 Å². The fourth-order valence-electron chi connectivity index (χ4n) is 2.42. The second kappa shape index (κ2) is 9.26. The van der Waals surface area contributed by atoms with E-state index in [1.807, 2.05) is 0 Å². The van der Waals surface area contributed by atoms with E-state index >= 15 is 0 Å². The van der Waals surface area contributed by atoms with E-state index in [1.165, 1.54) is 18.2 Å². The summed E-state index contributed by atoms with van der Waals surface area (Å²) in [4.78, 5) is 10.9. The zero-order valence-corrected chi connectivity index (χ0v) is 19.1. The molecular formula is C20H12Br2Cl2O5. The SMILES string of the molecule is O=C(O)Cc1cc(Br)c(Oc2ccc(O)c(Oc3ccc(Cl)cc3Cl)c2)c(Br)c1. The molecule has 3 aromatic rings. The van der Waals surface area contributed by atoms with Crippen LogP contribution in [0, 0.1) is 0 Å². The first-order valence-corrected chi connectivity index (χ1v) is 10.4. The highest BCUT2D eigenvalue weighted by Crippen LogP contribution is 2.42. The fourth-order valence-corrected chi connectivity index (χ4v) is 4.31. The van der Waals surface area contributed by atoms with Crippen molar-refractivity contribution in [1.29, 1.82) is 0 Å². The van der Waals surface area contributed by atoms with Gasteiger partial charge in [-0.2, -0.15) is 0 Å². The molecule has 29 heavy (non-hydrogen) atoms. The second-order valence-electron chi connectivity index (χ2n) is 5.87. The van der Waals surface area contributed by atoms with E-state index < -0.39 is 5.97 Å². The molecular weight excluding hydrogens is 551 g/mol. The minimum absolute atomic E-state index is 0.0988. The summed E-state index contributed by atoms with van der Waals surface area (Å²) >= 11 is 18.8. The predicted molar refractivity (Wildman–Crippen MR) is 118 cm³/mol. The third-order valence-electron chi connectivity index (χ3n) is 3.68. The summed E-state index contributed by atoms with van der Waals surface area (Å²) in [6, 6.07) is 12.6. The van der Waals surface area contributed by atoms with Crippen molar-refractivity contribution in [3.8, 4) is 28.7 Å². The van der Waals surface area contributed by atoms with E-state index in [9.17, 15) is 9.90 Å². The van der Waals surface area contributed by atoms with E-state index in [4.69, 9.17) is 37.8 Å². The first-order chi connectivity index (χ1) is 13.7. The lowest BCUT2D eigenvalue weighted by molar-refractivity contribution is -0.136. The Kier molecular flexibility index (Phi) is 6.95. The number of hydrogen-bond acceptors (Lipinski definition) is 4. The highest BCUT2D eigenvalue weighted by Gasteiger charge is 2.14. The minimum Gasteiger partial charge on any atom is -0.504 e. The lowest BCUT2D eigenvalue weighted by atomic mass is 10.1. The van der Waals surface area contributed by atoms with Gasteiger partial charge in [-0.15, -0.1) is 0 Å². The molecule has 0 heterocycles. The van der Waals surface area contributed by atoms with Crippen molar-refractivity contribution in [2.24, 2.45) is 0 Å². The van der Waals surface area contributed by atoms with E-state index in [1.54, 1.807) is 30.3 Å². The zero-order valence-electron chi connectivity index (χ0n) is 14.5. The van der Waals surface area contributed by atoms with Gasteiger partial charge in [-0.3, -0.25) is 4.79 Å². The maximum Gasteiger partial charge on any atom is 0.307 e. The molecule has 0 aliphatic rings. The number of carboxylic acids is 1. The average molecular weight is 563 g/mol. The van der Waals surface area contributed by atoms with Gasteiger partial charge in [-0.1, -0.05) is 23.2 Å². The molecule has 0 saturated heterocycles. The molecule has 0 fully saturated rings. The van der Waals surface area contributed by atoms with E-state index in [2.05, 4.69) is 31.9 Å². The predicted octanol–water partition coefficient (Wildman–Crippen LogP) is 7.44. The molecule has 5 nitrogen and oxygen atoms in total. The summed E-state index contributed by atoms with van der Waals surface area (Å²) < 4.78 is 12.7. The zero-order chi connectivity index (χ0) is 21.1. The number of ether oxygens (including phenoxy) is 2. The number of halogens is 4. The smallest absolute Gasteiger partial charge is 0.307 e. The molecule has 0 bridgehead atoms. The van der Waals surface area contributed by atoms with E-state index in [-0.39, 0.29) is 17.9 Å². The Morgan fingerprint density at radius 2 is 1.62 bits per heavy atom. The molecule has 3 rings (SSSR count). The number of aliphatic carboxylic acids is 1. The molecule has 0 aliphatic heterocycles. The van der Waals surface area contributed by atoms with Crippen LogP contribution in [-0.4, -0.2) is 16.2 Å². The normalized spacial score (nSPS) is 10.6. The van der Waals surface area contributed by atoms with Crippen LogP contribution in [0.3, 0.4) is 0 Å². The summed E-state index contributed by atoms with van der Waals surface area (Å²) in [7, 11) is 0. The lowest BCUT2D eigenvalue weighted by Gasteiger charge is -2.14. The van der Waals surface area contributed by atoms with Crippen molar-refractivity contribution >= 4 is 61.0 Å². The number of carbonyl (C=O) groups is 1. The van der Waals surface area contributed by atoms with Gasteiger partial charge in [0.15, 0.2) is 17.2 Å². The highest BCUT2D eigenvalue weighted by molar-refractivity contribution is 9.11. The molecule has 0 unspecified atom stereocenters. The van der Waals surface area contributed by atoms with Gasteiger partial charge < -0.3 is 19.7 Å². The van der Waals surface area contributed by atoms with Crippen LogP contribution in [0.1, 0.15) is 5.56 Å². The molecule has 0 saturated carbocycles. The van der Waals surface area contributed by atoms with Gasteiger partial charge in [0, 0.05) is 11.1 Å². The van der Waals surface area contributed by atoms with Crippen molar-refractivity contribution in [3.05, 3.63) is 73.1 Å². The fraction of sp³-hybridized carbons (Fsp3) is 0.0500. The Labute approximate surface area is 193 Å². The quantitative estimate of drug-likeness (QED) is 0.327. The third kappa shape index (κ3) is 5.57. The topological polar surface area (TPSA) is 76.0 Å². The molecule has 0 aliphatic carbocycles. The molecule has 2 N–H and O–H groups in total. The van der Waals surface area contributed by atoms with Crippen molar-refractivity contribution in [2.45, 2.75) is 6.42 Å². The summed E-state index contributed by atoms with van der Waals surface area (Å²) in [5, 5.41) is 19.8. The van der Waals surface area contributed by atoms with Crippen LogP contribution in [0.5, 0.6) is 28.7 Å². The minimum atomic E-state index is -0.932. The van der Waals surface area contributed by atoms with Gasteiger partial charge in [0.1, 0.15) is 11.5 Å². The maximum absolute atomic E-state index is 10.9. The van der Waals surface area contributed by atoms with Crippen LogP contribution in [0.2, 0.25) is 10.0 Å². The van der Waals surface area contributed by atoms with Gasteiger partial charge >= 0.3 is 5.97 Å². The monoisotopic (exact) mass is 560 g/mol. The number of phenols is 1. The van der Waals surface area contributed by atoms with E-state index in [0.717, 1.165) is 0 Å². The Morgan fingerprint density at radius 1 is 0.931 bits per heavy atom. The molecule has 0 spiro atoms. The van der Waals surface area contributed by atoms with Crippen LogP contribution in [-0.2, 0) is 11.2 Å².